The van der Waals surface area contributed by atoms with Crippen LogP contribution in [0, 0.1) is 0 Å². The fraction of sp³-hybridized carbons (Fsp3) is 0.273. The molecule has 2 heterocycles. The molecule has 0 spiro atoms. The normalized spacial score (nSPS) is 13.4. The van der Waals surface area contributed by atoms with Gasteiger partial charge in [0.25, 0.3) is 5.91 Å². The second kappa shape index (κ2) is 8.86. The van der Waals surface area contributed by atoms with E-state index in [0.717, 1.165) is 28.5 Å². The highest BCUT2D eigenvalue weighted by Gasteiger charge is 2.26. The molecule has 0 radical (unpaired) electrons. The molecule has 1 amide bonds. The number of nitrogens with zero attached hydrogens (tertiary/aromatic N) is 3. The second-order valence-corrected chi connectivity index (χ2v) is 10.0. The van der Waals surface area contributed by atoms with Gasteiger partial charge in [0.1, 0.15) is 5.82 Å². The molecule has 0 unspecified atom stereocenters. The van der Waals surface area contributed by atoms with Gasteiger partial charge < -0.3 is 5.32 Å². The van der Waals surface area contributed by atoms with Gasteiger partial charge in [-0.1, -0.05) is 32.0 Å². The van der Waals surface area contributed by atoms with Gasteiger partial charge in [0, 0.05) is 35.7 Å². The molecule has 1 N–H and O–H groups in total. The van der Waals surface area contributed by atoms with Gasteiger partial charge >= 0.3 is 0 Å². The fourth-order valence-corrected chi connectivity index (χ4v) is 6.06. The van der Waals surface area contributed by atoms with Crippen LogP contribution in [0.2, 0.25) is 0 Å². The van der Waals surface area contributed by atoms with Crippen molar-refractivity contribution in [3.63, 3.8) is 0 Å². The molecule has 0 atom stereocenters. The lowest BCUT2D eigenvalue weighted by Gasteiger charge is -2.18. The average molecular weight is 457 g/mol. The summed E-state index contributed by atoms with van der Waals surface area (Å²) >= 11 is 1.76. The Bertz CT molecular complexity index is 1190. The van der Waals surface area contributed by atoms with Gasteiger partial charge in [0.15, 0.2) is 0 Å². The molecule has 1 aromatic heterocycles. The number of carbonyl (C=O) groups excluding carboxylic acids is 1. The minimum Gasteiger partial charge on any atom is -0.306 e. The van der Waals surface area contributed by atoms with Crippen LogP contribution in [0.3, 0.4) is 0 Å². The first-order valence-electron chi connectivity index (χ1n) is 10.1. The molecule has 2 aromatic carbocycles. The highest BCUT2D eigenvalue weighted by Crippen LogP contribution is 2.36. The lowest BCUT2D eigenvalue weighted by atomic mass is 10.2. The maximum Gasteiger partial charge on any atom is 0.256 e. The number of fused-ring (bicyclic) bond motifs is 1. The first kappa shape index (κ1) is 21.6. The number of hydrogen-bond acceptors (Lipinski definition) is 5. The lowest BCUT2D eigenvalue weighted by molar-refractivity contribution is 0.102. The van der Waals surface area contributed by atoms with Crippen molar-refractivity contribution in [2.24, 2.45) is 0 Å². The maximum atomic E-state index is 13.0. The van der Waals surface area contributed by atoms with Crippen molar-refractivity contribution in [3.8, 4) is 5.69 Å². The van der Waals surface area contributed by atoms with E-state index in [2.05, 4.69) is 10.4 Å². The van der Waals surface area contributed by atoms with Crippen LogP contribution < -0.4 is 5.32 Å². The van der Waals surface area contributed by atoms with Gasteiger partial charge in [-0.15, -0.1) is 0 Å². The van der Waals surface area contributed by atoms with Crippen molar-refractivity contribution in [1.29, 1.82) is 0 Å². The van der Waals surface area contributed by atoms with Gasteiger partial charge in [-0.2, -0.15) is 21.2 Å². The van der Waals surface area contributed by atoms with Crippen LogP contribution in [0.25, 0.3) is 5.69 Å². The molecule has 1 aliphatic rings. The summed E-state index contributed by atoms with van der Waals surface area (Å²) < 4.78 is 28.5. The predicted molar refractivity (Wildman–Crippen MR) is 123 cm³/mol. The zero-order valence-electron chi connectivity index (χ0n) is 17.4. The third-order valence-corrected chi connectivity index (χ3v) is 8.28. The van der Waals surface area contributed by atoms with Crippen molar-refractivity contribution in [2.45, 2.75) is 30.2 Å². The number of benzene rings is 2. The molecule has 7 nitrogen and oxygen atoms in total. The van der Waals surface area contributed by atoms with Gasteiger partial charge in [-0.05, 0) is 36.4 Å². The third kappa shape index (κ3) is 4.13. The number of hydrogen-bond donors (Lipinski definition) is 1. The van der Waals surface area contributed by atoms with Gasteiger partial charge in [0.2, 0.25) is 10.0 Å². The number of rotatable bonds is 7. The number of amides is 1. The van der Waals surface area contributed by atoms with Crippen LogP contribution in [0.15, 0.2) is 59.5 Å². The standard InChI is InChI=1S/C22H24N4O3S2/c1-3-25(4-2)31(28,29)18-12-10-16(11-13-18)22(27)23-21-19-14-30-15-20(19)24-26(21)17-8-6-5-7-9-17/h5-13H,3-4,14-15H2,1-2H3,(H,23,27). The largest absolute Gasteiger partial charge is 0.306 e. The minimum absolute atomic E-state index is 0.180. The first-order chi connectivity index (χ1) is 15.0. The van der Waals surface area contributed by atoms with Gasteiger partial charge in [-0.3, -0.25) is 4.79 Å². The number of thioether (sulfide) groups is 1. The summed E-state index contributed by atoms with van der Waals surface area (Å²) in [5, 5.41) is 7.69. The summed E-state index contributed by atoms with van der Waals surface area (Å²) in [6, 6.07) is 15.7. The summed E-state index contributed by atoms with van der Waals surface area (Å²) in [4.78, 5) is 13.2. The highest BCUT2D eigenvalue weighted by atomic mass is 32.2. The van der Waals surface area contributed by atoms with E-state index in [1.165, 1.54) is 16.4 Å². The maximum absolute atomic E-state index is 13.0. The number of carbonyl (C=O) groups is 1. The average Bonchev–Trinajstić information content (AvgIpc) is 3.38. The quantitative estimate of drug-likeness (QED) is 0.583. The van der Waals surface area contributed by atoms with E-state index in [1.54, 1.807) is 42.4 Å². The van der Waals surface area contributed by atoms with Crippen LogP contribution in [-0.2, 0) is 21.5 Å². The fourth-order valence-electron chi connectivity index (χ4n) is 3.57. The van der Waals surface area contributed by atoms with E-state index >= 15 is 0 Å². The van der Waals surface area contributed by atoms with E-state index in [1.807, 2.05) is 30.3 Å². The number of aromatic nitrogens is 2. The molecule has 0 aliphatic carbocycles. The summed E-state index contributed by atoms with van der Waals surface area (Å²) in [5.74, 6) is 1.97. The van der Waals surface area contributed by atoms with Crippen molar-refractivity contribution in [2.75, 3.05) is 18.4 Å². The zero-order chi connectivity index (χ0) is 22.0. The van der Waals surface area contributed by atoms with E-state index in [-0.39, 0.29) is 10.8 Å². The molecule has 1 aliphatic heterocycles. The van der Waals surface area contributed by atoms with Crippen molar-refractivity contribution in [3.05, 3.63) is 71.4 Å². The highest BCUT2D eigenvalue weighted by molar-refractivity contribution is 7.98. The summed E-state index contributed by atoms with van der Waals surface area (Å²) in [6.45, 7) is 4.40. The molecule has 0 fully saturated rings. The first-order valence-corrected chi connectivity index (χ1v) is 12.7. The van der Waals surface area contributed by atoms with Crippen molar-refractivity contribution in [1.82, 2.24) is 14.1 Å². The van der Waals surface area contributed by atoms with Gasteiger partial charge in [0.05, 0.1) is 16.3 Å². The molecule has 162 valence electrons. The van der Waals surface area contributed by atoms with E-state index in [9.17, 15) is 13.2 Å². The van der Waals surface area contributed by atoms with E-state index < -0.39 is 10.0 Å². The van der Waals surface area contributed by atoms with E-state index in [4.69, 9.17) is 0 Å². The molecule has 0 saturated carbocycles. The number of sulfonamides is 1. The van der Waals surface area contributed by atoms with Crippen LogP contribution in [0.4, 0.5) is 5.82 Å². The van der Waals surface area contributed by atoms with Crippen molar-refractivity contribution < 1.29 is 13.2 Å². The van der Waals surface area contributed by atoms with Crippen LogP contribution in [-0.4, -0.2) is 41.5 Å². The topological polar surface area (TPSA) is 84.3 Å². The predicted octanol–water partition coefficient (Wildman–Crippen LogP) is 3.90. The number of para-hydroxylation sites is 1. The molecule has 9 heteroatoms. The minimum atomic E-state index is -3.56. The lowest BCUT2D eigenvalue weighted by Crippen LogP contribution is -2.30. The van der Waals surface area contributed by atoms with Crippen LogP contribution in [0.1, 0.15) is 35.5 Å². The zero-order valence-corrected chi connectivity index (χ0v) is 19.0. The smallest absolute Gasteiger partial charge is 0.256 e. The van der Waals surface area contributed by atoms with E-state index in [0.29, 0.717) is 24.5 Å². The number of anilines is 1. The summed E-state index contributed by atoms with van der Waals surface area (Å²) in [6.07, 6.45) is 0. The van der Waals surface area contributed by atoms with Crippen LogP contribution in [0.5, 0.6) is 0 Å². The third-order valence-electron chi connectivity index (χ3n) is 5.24. The van der Waals surface area contributed by atoms with Gasteiger partial charge in [-0.25, -0.2) is 13.1 Å². The molecule has 0 bridgehead atoms. The Balaban J connectivity index is 1.61. The molecule has 4 rings (SSSR count). The SMILES string of the molecule is CCN(CC)S(=O)(=O)c1ccc(C(=O)Nc2c3c(nn2-c2ccccc2)CSC3)cc1. The molecular weight excluding hydrogens is 432 g/mol. The number of nitrogens with one attached hydrogen (secondary N) is 1. The van der Waals surface area contributed by atoms with Crippen molar-refractivity contribution >= 4 is 33.5 Å². The Kier molecular flexibility index (Phi) is 6.17. The Labute approximate surface area is 186 Å². The Morgan fingerprint density at radius 2 is 1.74 bits per heavy atom. The van der Waals surface area contributed by atoms with Crippen LogP contribution >= 0.6 is 11.8 Å². The Hall–Kier alpha value is -2.62. The second-order valence-electron chi connectivity index (χ2n) is 7.08. The Morgan fingerprint density at radius 3 is 2.39 bits per heavy atom. The molecular formula is C22H24N4O3S2. The monoisotopic (exact) mass is 456 g/mol. The molecule has 0 saturated heterocycles. The molecule has 31 heavy (non-hydrogen) atoms. The molecule has 3 aromatic rings. The summed E-state index contributed by atoms with van der Waals surface area (Å²) in [5.41, 5.74) is 3.27. The summed E-state index contributed by atoms with van der Waals surface area (Å²) in [7, 11) is -3.56. The Morgan fingerprint density at radius 1 is 1.06 bits per heavy atom.